The lowest BCUT2D eigenvalue weighted by Gasteiger charge is -2.31. The molecule has 0 saturated carbocycles. The van der Waals surface area contributed by atoms with Crippen molar-refractivity contribution in [1.82, 2.24) is 19.5 Å². The minimum Gasteiger partial charge on any atom is -0.396 e. The van der Waals surface area contributed by atoms with Gasteiger partial charge in [-0.05, 0) is 58.5 Å². The standard InChI is InChI=1S/C19H31N5O/c1-4-17-11-18(24-19(21-17)14(2)15(3)22-24)20-8-6-10-23-9-5-7-16(12-23)13-25/h11,16,20,25H,4-10,12-13H2,1-3H3/t16-/m0/s1. The van der Waals surface area contributed by atoms with Gasteiger partial charge < -0.3 is 15.3 Å². The van der Waals surface area contributed by atoms with E-state index in [1.807, 2.05) is 11.4 Å². The van der Waals surface area contributed by atoms with Crippen LogP contribution in [0.5, 0.6) is 0 Å². The largest absolute Gasteiger partial charge is 0.396 e. The molecular formula is C19H31N5O. The molecule has 3 heterocycles. The predicted molar refractivity (Wildman–Crippen MR) is 101 cm³/mol. The first-order valence-corrected chi connectivity index (χ1v) is 9.55. The normalized spacial score (nSPS) is 18.8. The van der Waals surface area contributed by atoms with Gasteiger partial charge in [0.15, 0.2) is 5.65 Å². The van der Waals surface area contributed by atoms with Crippen molar-refractivity contribution in [2.24, 2.45) is 5.92 Å². The summed E-state index contributed by atoms with van der Waals surface area (Å²) < 4.78 is 1.94. The number of likely N-dealkylation sites (tertiary alicyclic amines) is 1. The van der Waals surface area contributed by atoms with E-state index in [-0.39, 0.29) is 0 Å². The van der Waals surface area contributed by atoms with E-state index in [1.54, 1.807) is 0 Å². The molecule has 2 aromatic heterocycles. The van der Waals surface area contributed by atoms with Gasteiger partial charge in [0.25, 0.3) is 0 Å². The summed E-state index contributed by atoms with van der Waals surface area (Å²) in [7, 11) is 0. The van der Waals surface area contributed by atoms with Crippen LogP contribution in [0.3, 0.4) is 0 Å². The molecule has 2 aromatic rings. The third-order valence-electron chi connectivity index (χ3n) is 5.29. The first-order chi connectivity index (χ1) is 12.1. The second kappa shape index (κ2) is 8.15. The lowest BCUT2D eigenvalue weighted by atomic mass is 9.99. The highest BCUT2D eigenvalue weighted by Crippen LogP contribution is 2.19. The Morgan fingerprint density at radius 3 is 2.96 bits per heavy atom. The number of nitrogens with zero attached hydrogens (tertiary/aromatic N) is 4. The molecule has 3 rings (SSSR count). The highest BCUT2D eigenvalue weighted by molar-refractivity contribution is 5.56. The van der Waals surface area contributed by atoms with Gasteiger partial charge in [-0.1, -0.05) is 6.92 Å². The molecule has 6 heteroatoms. The summed E-state index contributed by atoms with van der Waals surface area (Å²) in [6, 6.07) is 2.11. The third kappa shape index (κ3) is 4.12. The fourth-order valence-electron chi connectivity index (χ4n) is 3.61. The molecule has 0 unspecified atom stereocenters. The van der Waals surface area contributed by atoms with Crippen molar-refractivity contribution < 1.29 is 5.11 Å². The summed E-state index contributed by atoms with van der Waals surface area (Å²) in [6.45, 7) is 10.8. The summed E-state index contributed by atoms with van der Waals surface area (Å²) in [5, 5.41) is 17.5. The molecular weight excluding hydrogens is 314 g/mol. The van der Waals surface area contributed by atoms with Crippen LogP contribution in [0.2, 0.25) is 0 Å². The van der Waals surface area contributed by atoms with Crippen molar-refractivity contribution >= 4 is 11.5 Å². The number of nitrogens with one attached hydrogen (secondary N) is 1. The number of hydrogen-bond donors (Lipinski definition) is 2. The highest BCUT2D eigenvalue weighted by atomic mass is 16.3. The van der Waals surface area contributed by atoms with Crippen molar-refractivity contribution in [3.8, 4) is 0 Å². The van der Waals surface area contributed by atoms with Gasteiger partial charge in [-0.25, -0.2) is 4.98 Å². The Labute approximate surface area is 150 Å². The molecule has 0 aromatic carbocycles. The second-order valence-corrected chi connectivity index (χ2v) is 7.20. The van der Waals surface area contributed by atoms with Crippen LogP contribution in [0.15, 0.2) is 6.07 Å². The molecule has 1 aliphatic heterocycles. The second-order valence-electron chi connectivity index (χ2n) is 7.20. The quantitative estimate of drug-likeness (QED) is 0.755. The molecule has 0 aliphatic carbocycles. The maximum Gasteiger partial charge on any atom is 0.160 e. The van der Waals surface area contributed by atoms with Gasteiger partial charge in [0.05, 0.1) is 5.69 Å². The Morgan fingerprint density at radius 1 is 1.36 bits per heavy atom. The number of anilines is 1. The van der Waals surface area contributed by atoms with Gasteiger partial charge in [-0.2, -0.15) is 9.61 Å². The monoisotopic (exact) mass is 345 g/mol. The summed E-state index contributed by atoms with van der Waals surface area (Å²) in [5.41, 5.74) is 4.25. The predicted octanol–water partition coefficient (Wildman–Crippen LogP) is 2.41. The topological polar surface area (TPSA) is 65.7 Å². The average molecular weight is 345 g/mol. The molecule has 0 radical (unpaired) electrons. The van der Waals surface area contributed by atoms with E-state index in [2.05, 4.69) is 35.2 Å². The highest BCUT2D eigenvalue weighted by Gasteiger charge is 2.18. The zero-order valence-corrected chi connectivity index (χ0v) is 15.8. The van der Waals surface area contributed by atoms with Crippen molar-refractivity contribution in [3.63, 3.8) is 0 Å². The number of aromatic nitrogens is 3. The Balaban J connectivity index is 1.60. The summed E-state index contributed by atoms with van der Waals surface area (Å²) >= 11 is 0. The van der Waals surface area contributed by atoms with Crippen LogP contribution < -0.4 is 5.32 Å². The van der Waals surface area contributed by atoms with Gasteiger partial charge in [-0.3, -0.25) is 0 Å². The third-order valence-corrected chi connectivity index (χ3v) is 5.29. The van der Waals surface area contributed by atoms with Gasteiger partial charge in [0.2, 0.25) is 0 Å². The first-order valence-electron chi connectivity index (χ1n) is 9.55. The fourth-order valence-corrected chi connectivity index (χ4v) is 3.61. The molecule has 1 atom stereocenters. The van der Waals surface area contributed by atoms with Crippen LogP contribution in [-0.2, 0) is 6.42 Å². The molecule has 6 nitrogen and oxygen atoms in total. The molecule has 1 fully saturated rings. The summed E-state index contributed by atoms with van der Waals surface area (Å²) in [4.78, 5) is 7.20. The maximum atomic E-state index is 9.35. The maximum absolute atomic E-state index is 9.35. The van der Waals surface area contributed by atoms with Gasteiger partial charge >= 0.3 is 0 Å². The van der Waals surface area contributed by atoms with Gasteiger partial charge in [0, 0.05) is 37.0 Å². The molecule has 2 N–H and O–H groups in total. The van der Waals surface area contributed by atoms with Crippen LogP contribution in [0.1, 0.15) is 43.1 Å². The number of aliphatic hydroxyl groups excluding tert-OH is 1. The van der Waals surface area contributed by atoms with Crippen LogP contribution in [-0.4, -0.2) is 57.4 Å². The van der Waals surface area contributed by atoms with Crippen molar-refractivity contribution in [3.05, 3.63) is 23.0 Å². The fraction of sp³-hybridized carbons (Fsp3) is 0.684. The van der Waals surface area contributed by atoms with Crippen LogP contribution in [0, 0.1) is 19.8 Å². The van der Waals surface area contributed by atoms with E-state index in [0.29, 0.717) is 12.5 Å². The molecule has 138 valence electrons. The molecule has 1 aliphatic rings. The van der Waals surface area contributed by atoms with E-state index in [1.165, 1.54) is 6.42 Å². The number of fused-ring (bicyclic) bond motifs is 1. The number of hydrogen-bond acceptors (Lipinski definition) is 5. The van der Waals surface area contributed by atoms with Crippen LogP contribution >= 0.6 is 0 Å². The Morgan fingerprint density at radius 2 is 2.20 bits per heavy atom. The minimum absolute atomic E-state index is 0.321. The summed E-state index contributed by atoms with van der Waals surface area (Å²) in [5.74, 6) is 1.49. The van der Waals surface area contributed by atoms with Crippen LogP contribution in [0.4, 0.5) is 5.82 Å². The molecule has 0 spiro atoms. The Bertz CT molecular complexity index is 711. The van der Waals surface area contributed by atoms with E-state index < -0.39 is 0 Å². The van der Waals surface area contributed by atoms with Crippen LogP contribution in [0.25, 0.3) is 5.65 Å². The minimum atomic E-state index is 0.321. The van der Waals surface area contributed by atoms with Gasteiger partial charge in [-0.15, -0.1) is 0 Å². The Kier molecular flexibility index (Phi) is 5.91. The van der Waals surface area contributed by atoms with E-state index in [4.69, 9.17) is 4.98 Å². The average Bonchev–Trinajstić information content (AvgIpc) is 2.93. The molecule has 25 heavy (non-hydrogen) atoms. The smallest absolute Gasteiger partial charge is 0.160 e. The van der Waals surface area contributed by atoms with E-state index in [9.17, 15) is 5.11 Å². The van der Waals surface area contributed by atoms with E-state index >= 15 is 0 Å². The van der Waals surface area contributed by atoms with Crippen molar-refractivity contribution in [2.45, 2.75) is 46.5 Å². The molecule has 1 saturated heterocycles. The number of aliphatic hydroxyl groups is 1. The lowest BCUT2D eigenvalue weighted by Crippen LogP contribution is -2.37. The number of rotatable bonds is 7. The SMILES string of the molecule is CCc1cc(NCCCN2CCC[C@H](CO)C2)n2nc(C)c(C)c2n1. The van der Waals surface area contributed by atoms with E-state index in [0.717, 1.165) is 73.9 Å². The van der Waals surface area contributed by atoms with Gasteiger partial charge in [0.1, 0.15) is 5.82 Å². The van der Waals surface area contributed by atoms with Crippen molar-refractivity contribution in [2.75, 3.05) is 38.1 Å². The number of aryl methyl sites for hydroxylation is 3. The Hall–Kier alpha value is -1.66. The summed E-state index contributed by atoms with van der Waals surface area (Å²) in [6.07, 6.45) is 4.38. The molecule has 0 amide bonds. The zero-order chi connectivity index (χ0) is 17.8. The molecule has 0 bridgehead atoms. The zero-order valence-electron chi connectivity index (χ0n) is 15.8. The number of piperidine rings is 1. The first kappa shape index (κ1) is 18.1. The lowest BCUT2D eigenvalue weighted by molar-refractivity contribution is 0.120. The van der Waals surface area contributed by atoms with Crippen molar-refractivity contribution in [1.29, 1.82) is 0 Å².